The van der Waals surface area contributed by atoms with Crippen LogP contribution < -0.4 is 5.32 Å². The van der Waals surface area contributed by atoms with Gasteiger partial charge in [-0.2, -0.15) is 5.26 Å². The number of hydrogen-bond donors (Lipinski definition) is 2. The number of rotatable bonds is 6. The van der Waals surface area contributed by atoms with Gasteiger partial charge in [0.25, 0.3) is 5.91 Å². The maximum atomic E-state index is 12.4. The van der Waals surface area contributed by atoms with E-state index in [2.05, 4.69) is 5.32 Å². The molecule has 2 N–H and O–H groups in total. The predicted octanol–water partition coefficient (Wildman–Crippen LogP) is 4.73. The molecule has 8 heteroatoms. The van der Waals surface area contributed by atoms with E-state index in [4.69, 9.17) is 11.6 Å². The second-order valence-corrected chi connectivity index (χ2v) is 8.00. The van der Waals surface area contributed by atoms with Crippen molar-refractivity contribution in [2.24, 2.45) is 0 Å². The standard InChI is InChI=1S/C22H18ClN3O3S/c1-13-8-15(9-16(11-24)21(27)25-12-18-4-3-7-30-18)14(2)26(13)17-5-6-20(23)19(10-17)22(28)29/h3-10H,12H2,1-2H3,(H,25,27)(H,28,29)/b16-9+. The fraction of sp³-hybridized carbons (Fsp3) is 0.136. The number of aromatic carboxylic acids is 1. The van der Waals surface area contributed by atoms with Crippen LogP contribution in [0, 0.1) is 25.2 Å². The zero-order valence-electron chi connectivity index (χ0n) is 16.3. The molecule has 1 aromatic carbocycles. The van der Waals surface area contributed by atoms with E-state index >= 15 is 0 Å². The van der Waals surface area contributed by atoms with E-state index in [1.165, 1.54) is 29.5 Å². The van der Waals surface area contributed by atoms with Gasteiger partial charge >= 0.3 is 5.97 Å². The third kappa shape index (κ3) is 4.46. The van der Waals surface area contributed by atoms with Gasteiger partial charge in [0, 0.05) is 22.0 Å². The lowest BCUT2D eigenvalue weighted by Gasteiger charge is -2.11. The van der Waals surface area contributed by atoms with Crippen LogP contribution in [0.2, 0.25) is 5.02 Å². The summed E-state index contributed by atoms with van der Waals surface area (Å²) in [6, 6.07) is 12.4. The molecular weight excluding hydrogens is 422 g/mol. The van der Waals surface area contributed by atoms with Gasteiger partial charge in [-0.15, -0.1) is 11.3 Å². The number of carbonyl (C=O) groups excluding carboxylic acids is 1. The van der Waals surface area contributed by atoms with Crippen molar-refractivity contribution in [2.75, 3.05) is 0 Å². The summed E-state index contributed by atoms with van der Waals surface area (Å²) in [6.07, 6.45) is 1.54. The fourth-order valence-electron chi connectivity index (χ4n) is 3.13. The van der Waals surface area contributed by atoms with Crippen LogP contribution in [0.4, 0.5) is 0 Å². The highest BCUT2D eigenvalue weighted by atomic mass is 35.5. The summed E-state index contributed by atoms with van der Waals surface area (Å²) in [5.41, 5.74) is 2.92. The van der Waals surface area contributed by atoms with Crippen LogP contribution in [0.3, 0.4) is 0 Å². The number of carboxylic acid groups (broad SMARTS) is 1. The molecular formula is C22H18ClN3O3S. The lowest BCUT2D eigenvalue weighted by Crippen LogP contribution is -2.23. The van der Waals surface area contributed by atoms with E-state index in [1.54, 1.807) is 6.07 Å². The first-order valence-corrected chi connectivity index (χ1v) is 10.2. The lowest BCUT2D eigenvalue weighted by molar-refractivity contribution is -0.117. The van der Waals surface area contributed by atoms with Crippen LogP contribution in [0.15, 0.2) is 47.4 Å². The highest BCUT2D eigenvalue weighted by Crippen LogP contribution is 2.26. The van der Waals surface area contributed by atoms with E-state index in [-0.39, 0.29) is 16.2 Å². The van der Waals surface area contributed by atoms with Gasteiger partial charge in [0.1, 0.15) is 11.6 Å². The molecule has 2 aromatic heterocycles. The Balaban J connectivity index is 1.92. The minimum absolute atomic E-state index is 0.00410. The molecule has 30 heavy (non-hydrogen) atoms. The van der Waals surface area contributed by atoms with Gasteiger partial charge in [-0.25, -0.2) is 4.79 Å². The SMILES string of the molecule is Cc1cc(/C=C(\C#N)C(=O)NCc2cccs2)c(C)n1-c1ccc(Cl)c(C(=O)O)c1. The number of hydrogen-bond acceptors (Lipinski definition) is 4. The third-order valence-electron chi connectivity index (χ3n) is 4.58. The van der Waals surface area contributed by atoms with Crippen molar-refractivity contribution in [2.45, 2.75) is 20.4 Å². The summed E-state index contributed by atoms with van der Waals surface area (Å²) in [7, 11) is 0. The van der Waals surface area contributed by atoms with Crippen molar-refractivity contribution in [3.63, 3.8) is 0 Å². The molecule has 0 radical (unpaired) electrons. The van der Waals surface area contributed by atoms with Gasteiger partial charge < -0.3 is 15.0 Å². The zero-order chi connectivity index (χ0) is 21.8. The molecule has 0 unspecified atom stereocenters. The van der Waals surface area contributed by atoms with Crippen molar-refractivity contribution in [3.05, 3.63) is 79.8 Å². The topological polar surface area (TPSA) is 95.1 Å². The normalized spacial score (nSPS) is 11.2. The number of nitriles is 1. The Kier molecular flexibility index (Phi) is 6.40. The highest BCUT2D eigenvalue weighted by molar-refractivity contribution is 7.09. The van der Waals surface area contributed by atoms with Crippen molar-refractivity contribution in [3.8, 4) is 11.8 Å². The van der Waals surface area contributed by atoms with Crippen molar-refractivity contribution < 1.29 is 14.7 Å². The maximum Gasteiger partial charge on any atom is 0.337 e. The smallest absolute Gasteiger partial charge is 0.337 e. The Morgan fingerprint density at radius 1 is 1.30 bits per heavy atom. The number of halogens is 1. The van der Waals surface area contributed by atoms with E-state index in [9.17, 15) is 20.0 Å². The molecule has 0 spiro atoms. The van der Waals surface area contributed by atoms with Crippen molar-refractivity contribution in [1.29, 1.82) is 5.26 Å². The Hall–Kier alpha value is -3.34. The molecule has 3 aromatic rings. The second-order valence-electron chi connectivity index (χ2n) is 6.56. The Labute approximate surface area is 182 Å². The monoisotopic (exact) mass is 439 g/mol. The molecule has 152 valence electrons. The predicted molar refractivity (Wildman–Crippen MR) is 117 cm³/mol. The molecule has 0 aliphatic rings. The Morgan fingerprint density at radius 3 is 2.70 bits per heavy atom. The molecule has 0 saturated heterocycles. The van der Waals surface area contributed by atoms with Crippen LogP contribution in [-0.4, -0.2) is 21.6 Å². The summed E-state index contributed by atoms with van der Waals surface area (Å²) >= 11 is 7.50. The second kappa shape index (κ2) is 8.99. The number of thiophene rings is 1. The number of aryl methyl sites for hydroxylation is 1. The summed E-state index contributed by atoms with van der Waals surface area (Å²) < 4.78 is 1.85. The van der Waals surface area contributed by atoms with Crippen LogP contribution in [0.5, 0.6) is 0 Å². The molecule has 0 atom stereocenters. The summed E-state index contributed by atoms with van der Waals surface area (Å²) in [4.78, 5) is 24.8. The molecule has 0 saturated carbocycles. The lowest BCUT2D eigenvalue weighted by atomic mass is 10.1. The number of nitrogens with one attached hydrogen (secondary N) is 1. The molecule has 0 aliphatic carbocycles. The first-order valence-electron chi connectivity index (χ1n) is 8.96. The van der Waals surface area contributed by atoms with Crippen molar-refractivity contribution in [1.82, 2.24) is 9.88 Å². The molecule has 3 rings (SSSR count). The summed E-state index contributed by atoms with van der Waals surface area (Å²) in [5.74, 6) is -1.56. The highest BCUT2D eigenvalue weighted by Gasteiger charge is 2.16. The minimum atomic E-state index is -1.11. The number of nitrogens with zero attached hydrogens (tertiary/aromatic N) is 2. The zero-order valence-corrected chi connectivity index (χ0v) is 17.8. The quantitative estimate of drug-likeness (QED) is 0.428. The van der Waals surface area contributed by atoms with Gasteiger partial charge in [-0.3, -0.25) is 4.79 Å². The minimum Gasteiger partial charge on any atom is -0.478 e. The number of carbonyl (C=O) groups is 2. The summed E-state index contributed by atoms with van der Waals surface area (Å²) in [6.45, 7) is 4.06. The number of amides is 1. The Bertz CT molecular complexity index is 1190. The molecule has 6 nitrogen and oxygen atoms in total. The van der Waals surface area contributed by atoms with E-state index < -0.39 is 11.9 Å². The van der Waals surface area contributed by atoms with Crippen LogP contribution >= 0.6 is 22.9 Å². The summed E-state index contributed by atoms with van der Waals surface area (Å²) in [5, 5.41) is 23.6. The third-order valence-corrected chi connectivity index (χ3v) is 5.78. The van der Waals surface area contributed by atoms with Gasteiger partial charge in [0.2, 0.25) is 0 Å². The Morgan fingerprint density at radius 2 is 2.07 bits per heavy atom. The van der Waals surface area contributed by atoms with Crippen LogP contribution in [0.25, 0.3) is 11.8 Å². The molecule has 1 amide bonds. The molecule has 2 heterocycles. The average molecular weight is 440 g/mol. The molecule has 0 fully saturated rings. The first-order chi connectivity index (χ1) is 14.3. The van der Waals surface area contributed by atoms with Gasteiger partial charge in [-0.1, -0.05) is 17.7 Å². The number of carboxylic acids is 1. The van der Waals surface area contributed by atoms with E-state index in [0.29, 0.717) is 17.8 Å². The van der Waals surface area contributed by atoms with Gasteiger partial charge in [0.15, 0.2) is 0 Å². The van der Waals surface area contributed by atoms with Crippen LogP contribution in [-0.2, 0) is 11.3 Å². The van der Waals surface area contributed by atoms with Gasteiger partial charge in [0.05, 0.1) is 17.1 Å². The van der Waals surface area contributed by atoms with E-state index in [0.717, 1.165) is 16.3 Å². The average Bonchev–Trinajstić information content (AvgIpc) is 3.32. The van der Waals surface area contributed by atoms with Crippen molar-refractivity contribution >= 4 is 40.9 Å². The van der Waals surface area contributed by atoms with E-state index in [1.807, 2.05) is 48.1 Å². The number of aromatic nitrogens is 1. The molecule has 0 aliphatic heterocycles. The molecule has 0 bridgehead atoms. The first kappa shape index (κ1) is 21.4. The van der Waals surface area contributed by atoms with Crippen LogP contribution in [0.1, 0.15) is 32.2 Å². The maximum absolute atomic E-state index is 12.4. The number of benzene rings is 1. The van der Waals surface area contributed by atoms with Gasteiger partial charge in [-0.05, 0) is 61.2 Å². The fourth-order valence-corrected chi connectivity index (χ4v) is 3.97. The largest absolute Gasteiger partial charge is 0.478 e.